The van der Waals surface area contributed by atoms with Gasteiger partial charge in [0.15, 0.2) is 5.82 Å². The van der Waals surface area contributed by atoms with E-state index in [1.807, 2.05) is 31.2 Å². The molecule has 0 radical (unpaired) electrons. The van der Waals surface area contributed by atoms with E-state index >= 15 is 0 Å². The van der Waals surface area contributed by atoms with Crippen molar-refractivity contribution in [2.45, 2.75) is 46.2 Å². The van der Waals surface area contributed by atoms with Gasteiger partial charge >= 0.3 is 6.03 Å². The molecule has 3 heterocycles. The van der Waals surface area contributed by atoms with E-state index in [4.69, 9.17) is 14.7 Å². The predicted molar refractivity (Wildman–Crippen MR) is 127 cm³/mol. The zero-order chi connectivity index (χ0) is 22.5. The van der Waals surface area contributed by atoms with Gasteiger partial charge in [0.2, 0.25) is 0 Å². The molecule has 0 aliphatic carbocycles. The van der Waals surface area contributed by atoms with Crippen LogP contribution in [-0.4, -0.2) is 66.3 Å². The van der Waals surface area contributed by atoms with Gasteiger partial charge in [0.05, 0.1) is 24.9 Å². The van der Waals surface area contributed by atoms with E-state index in [2.05, 4.69) is 34.3 Å². The van der Waals surface area contributed by atoms with Crippen molar-refractivity contribution >= 4 is 17.5 Å². The van der Waals surface area contributed by atoms with Crippen molar-refractivity contribution in [1.82, 2.24) is 20.2 Å². The van der Waals surface area contributed by atoms with Gasteiger partial charge in [0, 0.05) is 43.0 Å². The van der Waals surface area contributed by atoms with Gasteiger partial charge in [-0.15, -0.1) is 0 Å². The molecule has 0 bridgehead atoms. The Labute approximate surface area is 190 Å². The van der Waals surface area contributed by atoms with Crippen LogP contribution in [0.25, 0.3) is 11.4 Å². The summed E-state index contributed by atoms with van der Waals surface area (Å²) < 4.78 is 5.75. The van der Waals surface area contributed by atoms with Gasteiger partial charge in [-0.2, -0.15) is 0 Å². The molecule has 0 saturated carbocycles. The highest BCUT2D eigenvalue weighted by molar-refractivity contribution is 5.89. The molecule has 2 N–H and O–H groups in total. The number of ether oxygens (including phenoxy) is 1. The summed E-state index contributed by atoms with van der Waals surface area (Å²) in [6.45, 7) is 12.1. The fourth-order valence-corrected chi connectivity index (χ4v) is 4.41. The highest BCUT2D eigenvalue weighted by Crippen LogP contribution is 2.32. The van der Waals surface area contributed by atoms with E-state index in [-0.39, 0.29) is 6.03 Å². The lowest BCUT2D eigenvalue weighted by Crippen LogP contribution is -2.46. The molecule has 0 spiro atoms. The van der Waals surface area contributed by atoms with Crippen LogP contribution in [0.3, 0.4) is 0 Å². The predicted octanol–water partition coefficient (Wildman–Crippen LogP) is 3.28. The first-order chi connectivity index (χ1) is 15.6. The molecule has 2 aromatic rings. The molecule has 1 unspecified atom stereocenters. The van der Waals surface area contributed by atoms with Gasteiger partial charge in [-0.05, 0) is 50.6 Å². The number of likely N-dealkylation sites (N-methyl/N-ethyl adjacent to an activating group) is 1. The highest BCUT2D eigenvalue weighted by atomic mass is 16.5. The van der Waals surface area contributed by atoms with Crippen LogP contribution in [0, 0.1) is 0 Å². The summed E-state index contributed by atoms with van der Waals surface area (Å²) >= 11 is 0. The van der Waals surface area contributed by atoms with Crippen LogP contribution in [0.2, 0.25) is 0 Å². The van der Waals surface area contributed by atoms with Crippen molar-refractivity contribution in [2.24, 2.45) is 0 Å². The quantitative estimate of drug-likeness (QED) is 0.720. The summed E-state index contributed by atoms with van der Waals surface area (Å²) in [7, 11) is 0. The average Bonchev–Trinajstić information content (AvgIpc) is 2.83. The Morgan fingerprint density at radius 3 is 2.69 bits per heavy atom. The van der Waals surface area contributed by atoms with Gasteiger partial charge in [0.1, 0.15) is 5.82 Å². The Hall–Kier alpha value is -2.71. The second-order valence-electron chi connectivity index (χ2n) is 8.31. The number of morpholine rings is 1. The zero-order valence-corrected chi connectivity index (χ0v) is 19.4. The number of benzene rings is 1. The Balaban J connectivity index is 1.68. The molecule has 2 amide bonds. The number of urea groups is 1. The number of rotatable bonds is 6. The van der Waals surface area contributed by atoms with Gasteiger partial charge in [0.25, 0.3) is 0 Å². The summed E-state index contributed by atoms with van der Waals surface area (Å²) in [5.74, 6) is 1.81. The standard InChI is InChI=1S/C24H34N6O2/c1-4-19-16-32-14-13-30(19)23-20-11-12-29(6-3)15-21(20)27-22(28-23)17-7-9-18(10-8-17)26-24(31)25-5-2/h7-10,19H,4-6,11-16H2,1-3H3,(H2,25,26,31). The molecule has 172 valence electrons. The van der Waals surface area contributed by atoms with Crippen molar-refractivity contribution in [1.29, 1.82) is 0 Å². The minimum atomic E-state index is -0.204. The van der Waals surface area contributed by atoms with E-state index in [1.165, 1.54) is 5.56 Å². The minimum absolute atomic E-state index is 0.204. The van der Waals surface area contributed by atoms with Crippen LogP contribution in [0.5, 0.6) is 0 Å². The van der Waals surface area contributed by atoms with Crippen molar-refractivity contribution < 1.29 is 9.53 Å². The molecule has 1 atom stereocenters. The van der Waals surface area contributed by atoms with Crippen LogP contribution in [-0.2, 0) is 17.7 Å². The first kappa shape index (κ1) is 22.5. The highest BCUT2D eigenvalue weighted by Gasteiger charge is 2.29. The number of nitrogens with one attached hydrogen (secondary N) is 2. The van der Waals surface area contributed by atoms with Crippen LogP contribution in [0.15, 0.2) is 24.3 Å². The van der Waals surface area contributed by atoms with Crippen LogP contribution >= 0.6 is 0 Å². The lowest BCUT2D eigenvalue weighted by atomic mass is 10.0. The van der Waals surface area contributed by atoms with Gasteiger partial charge < -0.3 is 20.3 Å². The van der Waals surface area contributed by atoms with Crippen molar-refractivity contribution in [3.8, 4) is 11.4 Å². The molecule has 32 heavy (non-hydrogen) atoms. The first-order valence-electron chi connectivity index (χ1n) is 11.7. The zero-order valence-electron chi connectivity index (χ0n) is 19.4. The number of aromatic nitrogens is 2. The van der Waals surface area contributed by atoms with E-state index in [0.717, 1.165) is 80.8 Å². The third-order valence-electron chi connectivity index (χ3n) is 6.28. The molecule has 8 heteroatoms. The number of carbonyl (C=O) groups is 1. The largest absolute Gasteiger partial charge is 0.377 e. The normalized spacial score (nSPS) is 18.8. The Kier molecular flexibility index (Phi) is 7.22. The first-order valence-corrected chi connectivity index (χ1v) is 11.7. The summed E-state index contributed by atoms with van der Waals surface area (Å²) in [5, 5.41) is 5.58. The number of hydrogen-bond acceptors (Lipinski definition) is 6. The molecule has 2 aliphatic rings. The van der Waals surface area contributed by atoms with Crippen molar-refractivity contribution in [2.75, 3.05) is 49.6 Å². The fraction of sp³-hybridized carbons (Fsp3) is 0.542. The maximum atomic E-state index is 11.8. The number of hydrogen-bond donors (Lipinski definition) is 2. The number of fused-ring (bicyclic) bond motifs is 1. The van der Waals surface area contributed by atoms with Crippen LogP contribution in [0.1, 0.15) is 38.4 Å². The molecule has 1 fully saturated rings. The third kappa shape index (κ3) is 4.86. The monoisotopic (exact) mass is 438 g/mol. The van der Waals surface area contributed by atoms with Crippen molar-refractivity contribution in [3.05, 3.63) is 35.5 Å². The maximum Gasteiger partial charge on any atom is 0.319 e. The lowest BCUT2D eigenvalue weighted by molar-refractivity contribution is 0.0923. The lowest BCUT2D eigenvalue weighted by Gasteiger charge is -2.39. The second-order valence-corrected chi connectivity index (χ2v) is 8.31. The molecule has 1 aromatic carbocycles. The molecule has 1 aromatic heterocycles. The summed E-state index contributed by atoms with van der Waals surface area (Å²) in [5.41, 5.74) is 4.11. The summed E-state index contributed by atoms with van der Waals surface area (Å²) in [6.07, 6.45) is 2.00. The third-order valence-corrected chi connectivity index (χ3v) is 6.28. The van der Waals surface area contributed by atoms with Crippen LogP contribution < -0.4 is 15.5 Å². The van der Waals surface area contributed by atoms with E-state index in [1.54, 1.807) is 0 Å². The van der Waals surface area contributed by atoms with Crippen molar-refractivity contribution in [3.63, 3.8) is 0 Å². The Morgan fingerprint density at radius 2 is 1.97 bits per heavy atom. The van der Waals surface area contributed by atoms with Gasteiger partial charge in [-0.1, -0.05) is 13.8 Å². The molecule has 1 saturated heterocycles. The molecular weight excluding hydrogens is 404 g/mol. The topological polar surface area (TPSA) is 82.6 Å². The SMILES string of the molecule is CCNC(=O)Nc1ccc(-c2nc3c(c(N4CCOCC4CC)n2)CCN(CC)C3)cc1. The van der Waals surface area contributed by atoms with Crippen LogP contribution in [0.4, 0.5) is 16.3 Å². The number of anilines is 2. The van der Waals surface area contributed by atoms with E-state index < -0.39 is 0 Å². The maximum absolute atomic E-state index is 11.8. The Bertz CT molecular complexity index is 933. The smallest absolute Gasteiger partial charge is 0.319 e. The minimum Gasteiger partial charge on any atom is -0.377 e. The van der Waals surface area contributed by atoms with Gasteiger partial charge in [-0.3, -0.25) is 4.90 Å². The average molecular weight is 439 g/mol. The molecule has 4 rings (SSSR count). The second kappa shape index (κ2) is 10.3. The molecular formula is C24H34N6O2. The van der Waals surface area contributed by atoms with Gasteiger partial charge in [-0.25, -0.2) is 14.8 Å². The Morgan fingerprint density at radius 1 is 1.16 bits per heavy atom. The number of amides is 2. The summed E-state index contributed by atoms with van der Waals surface area (Å²) in [6, 6.07) is 7.88. The summed E-state index contributed by atoms with van der Waals surface area (Å²) in [4.78, 5) is 26.7. The fourth-order valence-electron chi connectivity index (χ4n) is 4.41. The molecule has 8 nitrogen and oxygen atoms in total. The number of carbonyl (C=O) groups excluding carboxylic acids is 1. The van der Waals surface area contributed by atoms with E-state index in [0.29, 0.717) is 12.6 Å². The van der Waals surface area contributed by atoms with E-state index in [9.17, 15) is 4.79 Å². The number of nitrogens with zero attached hydrogens (tertiary/aromatic N) is 4. The molecule has 2 aliphatic heterocycles.